The summed E-state index contributed by atoms with van der Waals surface area (Å²) in [5.74, 6) is -0.0538. The van der Waals surface area contributed by atoms with Crippen LogP contribution in [0.25, 0.3) is 0 Å². The Labute approximate surface area is 109 Å². The van der Waals surface area contributed by atoms with Gasteiger partial charge in [0.15, 0.2) is 0 Å². The number of rotatable bonds is 7. The van der Waals surface area contributed by atoms with Gasteiger partial charge in [0.05, 0.1) is 12.6 Å². The summed E-state index contributed by atoms with van der Waals surface area (Å²) in [5.41, 5.74) is 1.70. The second-order valence-electron chi connectivity index (χ2n) is 4.14. The van der Waals surface area contributed by atoms with Crippen LogP contribution >= 0.6 is 0 Å². The maximum Gasteiger partial charge on any atom is 0.251 e. The van der Waals surface area contributed by atoms with E-state index in [2.05, 4.69) is 10.6 Å². The average Bonchev–Trinajstić information content (AvgIpc) is 2.39. The molecule has 0 spiro atoms. The molecule has 1 amide bonds. The first-order valence-electron chi connectivity index (χ1n) is 6.35. The van der Waals surface area contributed by atoms with Crippen molar-refractivity contribution in [3.05, 3.63) is 29.8 Å². The van der Waals surface area contributed by atoms with Crippen molar-refractivity contribution in [2.45, 2.75) is 26.3 Å². The fourth-order valence-electron chi connectivity index (χ4n) is 1.68. The van der Waals surface area contributed by atoms with Gasteiger partial charge < -0.3 is 15.4 Å². The Morgan fingerprint density at radius 1 is 1.28 bits per heavy atom. The van der Waals surface area contributed by atoms with Crippen LogP contribution in [0.15, 0.2) is 24.3 Å². The maximum atomic E-state index is 12.0. The predicted molar refractivity (Wildman–Crippen MR) is 74.0 cm³/mol. The van der Waals surface area contributed by atoms with Crippen LogP contribution in [0.2, 0.25) is 0 Å². The lowest BCUT2D eigenvalue weighted by Gasteiger charge is -2.16. The van der Waals surface area contributed by atoms with Gasteiger partial charge in [-0.15, -0.1) is 0 Å². The Kier molecular flexibility index (Phi) is 6.22. The van der Waals surface area contributed by atoms with Crippen LogP contribution in [-0.2, 0) is 4.74 Å². The lowest BCUT2D eigenvalue weighted by molar-refractivity contribution is 0.0894. The van der Waals surface area contributed by atoms with Crippen molar-refractivity contribution in [3.8, 4) is 0 Å². The minimum atomic E-state index is -0.0538. The number of carbonyl (C=O) groups is 1. The molecule has 1 aromatic rings. The van der Waals surface area contributed by atoms with Gasteiger partial charge in [0.25, 0.3) is 5.91 Å². The number of hydrogen-bond acceptors (Lipinski definition) is 3. The van der Waals surface area contributed by atoms with Crippen molar-refractivity contribution in [1.29, 1.82) is 0 Å². The van der Waals surface area contributed by atoms with Crippen LogP contribution in [-0.4, -0.2) is 32.2 Å². The molecule has 0 saturated carbocycles. The van der Waals surface area contributed by atoms with Crippen LogP contribution in [0, 0.1) is 0 Å². The molecule has 1 aromatic carbocycles. The van der Waals surface area contributed by atoms with Crippen molar-refractivity contribution in [2.24, 2.45) is 0 Å². The summed E-state index contributed by atoms with van der Waals surface area (Å²) in [6, 6.07) is 7.54. The SMILES string of the molecule is CCNc1ccc(C(=O)NC(CC)COC)cc1. The minimum absolute atomic E-state index is 0.0538. The summed E-state index contributed by atoms with van der Waals surface area (Å²) in [6.45, 7) is 5.48. The van der Waals surface area contributed by atoms with Gasteiger partial charge in [-0.25, -0.2) is 0 Å². The Morgan fingerprint density at radius 3 is 2.44 bits per heavy atom. The summed E-state index contributed by atoms with van der Waals surface area (Å²) in [4.78, 5) is 12.0. The Bertz CT molecular complexity index is 363. The zero-order valence-electron chi connectivity index (χ0n) is 11.3. The number of anilines is 1. The van der Waals surface area contributed by atoms with E-state index in [1.165, 1.54) is 0 Å². The fourth-order valence-corrected chi connectivity index (χ4v) is 1.68. The molecular weight excluding hydrogens is 228 g/mol. The number of methoxy groups -OCH3 is 1. The molecule has 0 saturated heterocycles. The Balaban J connectivity index is 2.60. The van der Waals surface area contributed by atoms with Crippen molar-refractivity contribution >= 4 is 11.6 Å². The summed E-state index contributed by atoms with van der Waals surface area (Å²) in [6.07, 6.45) is 0.856. The average molecular weight is 250 g/mol. The van der Waals surface area contributed by atoms with Crippen molar-refractivity contribution < 1.29 is 9.53 Å². The van der Waals surface area contributed by atoms with Crippen LogP contribution in [0.4, 0.5) is 5.69 Å². The summed E-state index contributed by atoms with van der Waals surface area (Å²) in [7, 11) is 1.64. The molecule has 0 aliphatic rings. The number of amides is 1. The van der Waals surface area contributed by atoms with E-state index in [0.29, 0.717) is 12.2 Å². The first-order chi connectivity index (χ1) is 8.71. The van der Waals surface area contributed by atoms with Gasteiger partial charge >= 0.3 is 0 Å². The first-order valence-corrected chi connectivity index (χ1v) is 6.35. The fraction of sp³-hybridized carbons (Fsp3) is 0.500. The van der Waals surface area contributed by atoms with E-state index in [9.17, 15) is 4.79 Å². The monoisotopic (exact) mass is 250 g/mol. The summed E-state index contributed by atoms with van der Waals surface area (Å²) < 4.78 is 5.06. The van der Waals surface area contributed by atoms with Gasteiger partial charge in [-0.1, -0.05) is 6.92 Å². The van der Waals surface area contributed by atoms with Gasteiger partial charge in [0.1, 0.15) is 0 Å². The molecular formula is C14H22N2O2. The molecule has 2 N–H and O–H groups in total. The van der Waals surface area contributed by atoms with Gasteiger partial charge in [0.2, 0.25) is 0 Å². The largest absolute Gasteiger partial charge is 0.385 e. The van der Waals surface area contributed by atoms with E-state index in [-0.39, 0.29) is 11.9 Å². The smallest absolute Gasteiger partial charge is 0.251 e. The van der Waals surface area contributed by atoms with Gasteiger partial charge in [-0.3, -0.25) is 4.79 Å². The third-order valence-electron chi connectivity index (χ3n) is 2.72. The van der Waals surface area contributed by atoms with Gasteiger partial charge in [0, 0.05) is 24.9 Å². The van der Waals surface area contributed by atoms with Crippen molar-refractivity contribution in [3.63, 3.8) is 0 Å². The van der Waals surface area contributed by atoms with E-state index >= 15 is 0 Å². The second kappa shape index (κ2) is 7.71. The lowest BCUT2D eigenvalue weighted by Crippen LogP contribution is -2.37. The number of hydrogen-bond donors (Lipinski definition) is 2. The highest BCUT2D eigenvalue weighted by Gasteiger charge is 2.11. The van der Waals surface area contributed by atoms with Crippen molar-refractivity contribution in [2.75, 3.05) is 25.6 Å². The third kappa shape index (κ3) is 4.37. The molecule has 1 unspecified atom stereocenters. The quantitative estimate of drug-likeness (QED) is 0.780. The molecule has 0 fully saturated rings. The third-order valence-corrected chi connectivity index (χ3v) is 2.72. The van der Waals surface area contributed by atoms with Crippen LogP contribution in [0.1, 0.15) is 30.6 Å². The highest BCUT2D eigenvalue weighted by Crippen LogP contribution is 2.09. The normalized spacial score (nSPS) is 11.9. The molecule has 18 heavy (non-hydrogen) atoms. The number of ether oxygens (including phenoxy) is 1. The number of carbonyl (C=O) groups excluding carboxylic acids is 1. The van der Waals surface area contributed by atoms with E-state index in [4.69, 9.17) is 4.74 Å². The van der Waals surface area contributed by atoms with Gasteiger partial charge in [-0.2, -0.15) is 0 Å². The van der Waals surface area contributed by atoms with Crippen LogP contribution in [0.3, 0.4) is 0 Å². The minimum Gasteiger partial charge on any atom is -0.385 e. The molecule has 0 heterocycles. The number of benzene rings is 1. The van der Waals surface area contributed by atoms with Crippen LogP contribution in [0.5, 0.6) is 0 Å². The molecule has 4 nitrogen and oxygen atoms in total. The zero-order chi connectivity index (χ0) is 13.4. The molecule has 0 aliphatic carbocycles. The highest BCUT2D eigenvalue weighted by molar-refractivity contribution is 5.94. The van der Waals surface area contributed by atoms with Crippen molar-refractivity contribution in [1.82, 2.24) is 5.32 Å². The number of nitrogens with one attached hydrogen (secondary N) is 2. The Morgan fingerprint density at radius 2 is 1.94 bits per heavy atom. The standard InChI is InChI=1S/C14H22N2O2/c1-4-12(10-18-3)16-14(17)11-6-8-13(9-7-11)15-5-2/h6-9,12,15H,4-5,10H2,1-3H3,(H,16,17). The molecule has 100 valence electrons. The van der Waals surface area contributed by atoms with E-state index < -0.39 is 0 Å². The van der Waals surface area contributed by atoms with Crippen LogP contribution < -0.4 is 10.6 Å². The van der Waals surface area contributed by atoms with E-state index in [1.807, 2.05) is 38.1 Å². The van der Waals surface area contributed by atoms with Gasteiger partial charge in [-0.05, 0) is 37.6 Å². The molecule has 0 aliphatic heterocycles. The second-order valence-corrected chi connectivity index (χ2v) is 4.14. The maximum absolute atomic E-state index is 12.0. The van der Waals surface area contributed by atoms with E-state index in [1.54, 1.807) is 7.11 Å². The first kappa shape index (κ1) is 14.5. The summed E-state index contributed by atoms with van der Waals surface area (Å²) in [5, 5.41) is 6.15. The lowest BCUT2D eigenvalue weighted by atomic mass is 10.1. The predicted octanol–water partition coefficient (Wildman–Crippen LogP) is 2.27. The molecule has 0 bridgehead atoms. The highest BCUT2D eigenvalue weighted by atomic mass is 16.5. The zero-order valence-corrected chi connectivity index (χ0v) is 11.3. The van der Waals surface area contributed by atoms with E-state index in [0.717, 1.165) is 18.7 Å². The topological polar surface area (TPSA) is 50.4 Å². The summed E-state index contributed by atoms with van der Waals surface area (Å²) >= 11 is 0. The molecule has 1 rings (SSSR count). The molecule has 4 heteroatoms. The molecule has 0 aromatic heterocycles. The molecule has 1 atom stereocenters. The molecule has 0 radical (unpaired) electrons. The Hall–Kier alpha value is -1.55.